The van der Waals surface area contributed by atoms with Gasteiger partial charge in [0.1, 0.15) is 11.8 Å². The Hall–Kier alpha value is -1.07. The average molecular weight is 328 g/mol. The van der Waals surface area contributed by atoms with Gasteiger partial charge in [0, 0.05) is 22.5 Å². The number of carbonyl (C=O) groups is 1. The summed E-state index contributed by atoms with van der Waals surface area (Å²) in [6.07, 6.45) is 0.778. The molecule has 1 heterocycles. The molecule has 0 saturated heterocycles. The van der Waals surface area contributed by atoms with Crippen molar-refractivity contribution in [3.8, 4) is 5.75 Å². The summed E-state index contributed by atoms with van der Waals surface area (Å²) < 4.78 is 6.58. The van der Waals surface area contributed by atoms with Gasteiger partial charge in [-0.1, -0.05) is 29.8 Å². The van der Waals surface area contributed by atoms with Crippen LogP contribution < -0.4 is 10.1 Å². The molecule has 0 fully saturated rings. The summed E-state index contributed by atoms with van der Waals surface area (Å²) in [7, 11) is 0. The lowest BCUT2D eigenvalue weighted by Gasteiger charge is -2.30. The molecule has 104 valence electrons. The number of fused-ring (bicyclic) bond motifs is 1. The highest BCUT2D eigenvalue weighted by molar-refractivity contribution is 9.10. The van der Waals surface area contributed by atoms with Gasteiger partial charge < -0.3 is 9.84 Å². The second kappa shape index (κ2) is 5.92. The second-order valence-corrected chi connectivity index (χ2v) is 6.01. The van der Waals surface area contributed by atoms with Crippen molar-refractivity contribution in [3.63, 3.8) is 0 Å². The number of carboxylic acids is 1. The van der Waals surface area contributed by atoms with Gasteiger partial charge in [0.2, 0.25) is 0 Å². The van der Waals surface area contributed by atoms with E-state index < -0.39 is 12.0 Å². The quantitative estimate of drug-likeness (QED) is 0.892. The van der Waals surface area contributed by atoms with Crippen LogP contribution in [0.2, 0.25) is 0 Å². The lowest BCUT2D eigenvalue weighted by Crippen LogP contribution is -2.44. The van der Waals surface area contributed by atoms with Crippen LogP contribution in [-0.2, 0) is 4.79 Å². The smallest absolute Gasteiger partial charge is 0.320 e. The molecule has 0 spiro atoms. The van der Waals surface area contributed by atoms with Gasteiger partial charge in [0.15, 0.2) is 0 Å². The Morgan fingerprint density at radius 3 is 2.89 bits per heavy atom. The molecule has 0 saturated carbocycles. The van der Waals surface area contributed by atoms with Crippen molar-refractivity contribution in [2.45, 2.75) is 32.4 Å². The number of aliphatic carboxylic acids is 1. The molecule has 0 amide bonds. The second-order valence-electron chi connectivity index (χ2n) is 5.10. The van der Waals surface area contributed by atoms with Crippen LogP contribution in [0.25, 0.3) is 0 Å². The number of hydrogen-bond donors (Lipinski definition) is 2. The molecule has 5 heteroatoms. The first kappa shape index (κ1) is 14.3. The fraction of sp³-hybridized carbons (Fsp3) is 0.500. The normalized spacial score (nSPS) is 19.7. The van der Waals surface area contributed by atoms with E-state index in [9.17, 15) is 9.90 Å². The maximum atomic E-state index is 11.3. The number of carboxylic acid groups (broad SMARTS) is 1. The van der Waals surface area contributed by atoms with E-state index in [-0.39, 0.29) is 12.0 Å². The first-order valence-corrected chi connectivity index (χ1v) is 7.19. The molecular weight excluding hydrogens is 310 g/mol. The lowest BCUT2D eigenvalue weighted by atomic mass is 9.97. The Labute approximate surface area is 121 Å². The van der Waals surface area contributed by atoms with E-state index in [0.29, 0.717) is 6.61 Å². The highest BCUT2D eigenvalue weighted by atomic mass is 79.9. The number of rotatable bonds is 4. The molecule has 0 bridgehead atoms. The monoisotopic (exact) mass is 327 g/mol. The van der Waals surface area contributed by atoms with E-state index >= 15 is 0 Å². The molecule has 2 atom stereocenters. The largest absolute Gasteiger partial charge is 0.493 e. The molecule has 1 aromatic carbocycles. The molecule has 0 aliphatic carbocycles. The Morgan fingerprint density at radius 2 is 2.26 bits per heavy atom. The van der Waals surface area contributed by atoms with Crippen molar-refractivity contribution >= 4 is 21.9 Å². The Bertz CT molecular complexity index is 476. The van der Waals surface area contributed by atoms with Crippen LogP contribution >= 0.6 is 15.9 Å². The molecule has 19 heavy (non-hydrogen) atoms. The highest BCUT2D eigenvalue weighted by Gasteiger charge is 2.28. The fourth-order valence-corrected chi connectivity index (χ4v) is 2.68. The SMILES string of the molecule is CC(C)C(NC1CCOc2ccc(Br)cc21)C(=O)O. The molecule has 2 rings (SSSR count). The predicted molar refractivity (Wildman–Crippen MR) is 76.4 cm³/mol. The van der Waals surface area contributed by atoms with Crippen LogP contribution in [0.15, 0.2) is 22.7 Å². The molecule has 0 radical (unpaired) electrons. The van der Waals surface area contributed by atoms with Crippen molar-refractivity contribution < 1.29 is 14.6 Å². The summed E-state index contributed by atoms with van der Waals surface area (Å²) in [6.45, 7) is 4.43. The summed E-state index contributed by atoms with van der Waals surface area (Å²) in [5.74, 6) is 0.0637. The van der Waals surface area contributed by atoms with Gasteiger partial charge in [-0.05, 0) is 24.1 Å². The van der Waals surface area contributed by atoms with Crippen LogP contribution in [0.3, 0.4) is 0 Å². The van der Waals surface area contributed by atoms with E-state index in [1.165, 1.54) is 0 Å². The summed E-state index contributed by atoms with van der Waals surface area (Å²) in [5.41, 5.74) is 1.02. The average Bonchev–Trinajstić information content (AvgIpc) is 2.35. The number of ether oxygens (including phenoxy) is 1. The first-order chi connectivity index (χ1) is 8.99. The van der Waals surface area contributed by atoms with E-state index in [4.69, 9.17) is 4.74 Å². The van der Waals surface area contributed by atoms with Crippen LogP contribution in [0, 0.1) is 5.92 Å². The summed E-state index contributed by atoms with van der Waals surface area (Å²) in [6, 6.07) is 5.31. The summed E-state index contributed by atoms with van der Waals surface area (Å²) in [5, 5.41) is 12.5. The number of halogens is 1. The minimum absolute atomic E-state index is 0.0183. The predicted octanol–water partition coefficient (Wildman–Crippen LogP) is 2.97. The van der Waals surface area contributed by atoms with Gasteiger partial charge in [-0.15, -0.1) is 0 Å². The maximum Gasteiger partial charge on any atom is 0.320 e. The minimum Gasteiger partial charge on any atom is -0.493 e. The zero-order chi connectivity index (χ0) is 14.0. The zero-order valence-corrected chi connectivity index (χ0v) is 12.6. The van der Waals surface area contributed by atoms with Gasteiger partial charge in [0.25, 0.3) is 0 Å². The lowest BCUT2D eigenvalue weighted by molar-refractivity contribution is -0.141. The van der Waals surface area contributed by atoms with E-state index in [2.05, 4.69) is 21.2 Å². The summed E-state index contributed by atoms with van der Waals surface area (Å²) in [4.78, 5) is 11.3. The fourth-order valence-electron chi connectivity index (χ4n) is 2.30. The Morgan fingerprint density at radius 1 is 1.53 bits per heavy atom. The van der Waals surface area contributed by atoms with E-state index in [0.717, 1.165) is 22.2 Å². The third kappa shape index (κ3) is 3.28. The standard InChI is InChI=1S/C14H18BrNO3/c1-8(2)13(14(17)18)16-11-5-6-19-12-4-3-9(15)7-10(11)12/h3-4,7-8,11,13,16H,5-6H2,1-2H3,(H,17,18). The van der Waals surface area contributed by atoms with Crippen molar-refractivity contribution in [1.29, 1.82) is 0 Å². The van der Waals surface area contributed by atoms with Crippen molar-refractivity contribution in [3.05, 3.63) is 28.2 Å². The summed E-state index contributed by atoms with van der Waals surface area (Å²) >= 11 is 3.44. The van der Waals surface area contributed by atoms with E-state index in [1.807, 2.05) is 32.0 Å². The number of benzene rings is 1. The zero-order valence-electron chi connectivity index (χ0n) is 11.0. The van der Waals surface area contributed by atoms with Gasteiger partial charge >= 0.3 is 5.97 Å². The molecule has 2 N–H and O–H groups in total. The topological polar surface area (TPSA) is 58.6 Å². The minimum atomic E-state index is -0.807. The van der Waals surface area contributed by atoms with E-state index in [1.54, 1.807) is 0 Å². The highest BCUT2D eigenvalue weighted by Crippen LogP contribution is 2.34. The van der Waals surface area contributed by atoms with Gasteiger partial charge in [-0.2, -0.15) is 0 Å². The molecule has 1 aliphatic heterocycles. The Balaban J connectivity index is 2.23. The maximum absolute atomic E-state index is 11.3. The molecule has 2 unspecified atom stereocenters. The molecule has 1 aromatic rings. The third-order valence-electron chi connectivity index (χ3n) is 3.32. The molecule has 0 aromatic heterocycles. The number of nitrogens with one attached hydrogen (secondary N) is 1. The van der Waals surface area contributed by atoms with Crippen LogP contribution in [0.4, 0.5) is 0 Å². The number of hydrogen-bond acceptors (Lipinski definition) is 3. The van der Waals surface area contributed by atoms with Crippen LogP contribution in [0.1, 0.15) is 31.9 Å². The van der Waals surface area contributed by atoms with Crippen LogP contribution in [-0.4, -0.2) is 23.7 Å². The third-order valence-corrected chi connectivity index (χ3v) is 3.82. The van der Waals surface area contributed by atoms with Crippen molar-refractivity contribution in [2.24, 2.45) is 5.92 Å². The van der Waals surface area contributed by atoms with Crippen molar-refractivity contribution in [1.82, 2.24) is 5.32 Å². The van der Waals surface area contributed by atoms with Crippen molar-refractivity contribution in [2.75, 3.05) is 6.61 Å². The first-order valence-electron chi connectivity index (χ1n) is 6.40. The van der Waals surface area contributed by atoms with Gasteiger partial charge in [-0.25, -0.2) is 0 Å². The van der Waals surface area contributed by atoms with Gasteiger partial charge in [0.05, 0.1) is 6.61 Å². The molecular formula is C14H18BrNO3. The molecule has 1 aliphatic rings. The Kier molecular flexibility index (Phi) is 4.47. The van der Waals surface area contributed by atoms with Crippen LogP contribution in [0.5, 0.6) is 5.75 Å². The molecule has 4 nitrogen and oxygen atoms in total. The van der Waals surface area contributed by atoms with Gasteiger partial charge in [-0.3, -0.25) is 10.1 Å².